The molecule has 0 atom stereocenters. The van der Waals surface area contributed by atoms with Gasteiger partial charge in [0.15, 0.2) is 0 Å². The van der Waals surface area contributed by atoms with Gasteiger partial charge in [0.1, 0.15) is 0 Å². The number of aromatic nitrogens is 2. The molecule has 92 valence electrons. The third-order valence-electron chi connectivity index (χ3n) is 3.53. The van der Waals surface area contributed by atoms with Crippen molar-refractivity contribution in [1.29, 1.82) is 0 Å². The van der Waals surface area contributed by atoms with Gasteiger partial charge in [0.25, 0.3) is 0 Å². The zero-order valence-corrected chi connectivity index (χ0v) is 10.2. The van der Waals surface area contributed by atoms with Gasteiger partial charge in [0.05, 0.1) is 17.9 Å². The highest BCUT2D eigenvalue weighted by molar-refractivity contribution is 5.93. The predicted octanol–water partition coefficient (Wildman–Crippen LogP) is 0.241. The van der Waals surface area contributed by atoms with Crippen LogP contribution in [0.2, 0.25) is 0 Å². The van der Waals surface area contributed by atoms with E-state index in [1.807, 2.05) is 17.9 Å². The lowest BCUT2D eigenvalue weighted by Gasteiger charge is -2.36. The maximum atomic E-state index is 11.8. The van der Waals surface area contributed by atoms with Gasteiger partial charge in [-0.1, -0.05) is 0 Å². The van der Waals surface area contributed by atoms with Crippen LogP contribution in [0, 0.1) is 0 Å². The Bertz CT molecular complexity index is 437. The number of hydrogen-bond donors (Lipinski definition) is 0. The SMILES string of the molecule is CN1CC(n2cc(N3CCN(C)C3=O)cn2)C1. The van der Waals surface area contributed by atoms with Crippen molar-refractivity contribution < 1.29 is 4.79 Å². The van der Waals surface area contributed by atoms with Crippen LogP contribution >= 0.6 is 0 Å². The number of nitrogens with zero attached hydrogens (tertiary/aromatic N) is 5. The summed E-state index contributed by atoms with van der Waals surface area (Å²) < 4.78 is 1.97. The molecule has 17 heavy (non-hydrogen) atoms. The van der Waals surface area contributed by atoms with Crippen LogP contribution in [-0.2, 0) is 0 Å². The van der Waals surface area contributed by atoms with E-state index in [1.165, 1.54) is 0 Å². The molecule has 0 aromatic carbocycles. The molecule has 0 radical (unpaired) electrons. The molecule has 3 rings (SSSR count). The van der Waals surface area contributed by atoms with Crippen molar-refractivity contribution in [3.8, 4) is 0 Å². The predicted molar refractivity (Wildman–Crippen MR) is 64.1 cm³/mol. The quantitative estimate of drug-likeness (QED) is 0.737. The fourth-order valence-corrected chi connectivity index (χ4v) is 2.39. The van der Waals surface area contributed by atoms with Gasteiger partial charge in [0, 0.05) is 39.4 Å². The molecule has 2 amide bonds. The number of hydrogen-bond acceptors (Lipinski definition) is 3. The standard InChI is InChI=1S/C11H17N5O/c1-13-6-10(7-13)16-8-9(5-12-16)15-4-3-14(2)11(15)17/h5,8,10H,3-4,6-7H2,1-2H3. The number of amides is 2. The summed E-state index contributed by atoms with van der Waals surface area (Å²) in [6.07, 6.45) is 3.77. The van der Waals surface area contributed by atoms with E-state index in [1.54, 1.807) is 16.0 Å². The van der Waals surface area contributed by atoms with Gasteiger partial charge in [-0.2, -0.15) is 5.10 Å². The lowest BCUT2D eigenvalue weighted by atomic mass is 10.1. The maximum absolute atomic E-state index is 11.8. The number of anilines is 1. The summed E-state index contributed by atoms with van der Waals surface area (Å²) >= 11 is 0. The summed E-state index contributed by atoms with van der Waals surface area (Å²) in [5.74, 6) is 0. The number of likely N-dealkylation sites (tertiary alicyclic amines) is 1. The third kappa shape index (κ3) is 1.68. The molecule has 1 aromatic heterocycles. The second kappa shape index (κ2) is 3.73. The first kappa shape index (κ1) is 10.6. The first-order valence-electron chi connectivity index (χ1n) is 5.90. The summed E-state index contributed by atoms with van der Waals surface area (Å²) in [6.45, 7) is 3.62. The van der Waals surface area contributed by atoms with Crippen molar-refractivity contribution in [3.05, 3.63) is 12.4 Å². The van der Waals surface area contributed by atoms with E-state index < -0.39 is 0 Å². The molecule has 2 saturated heterocycles. The minimum atomic E-state index is 0.0651. The number of rotatable bonds is 2. The molecule has 3 heterocycles. The van der Waals surface area contributed by atoms with Gasteiger partial charge in [-0.25, -0.2) is 4.79 Å². The summed E-state index contributed by atoms with van der Waals surface area (Å²) in [4.78, 5) is 17.6. The molecule has 0 bridgehead atoms. The third-order valence-corrected chi connectivity index (χ3v) is 3.53. The van der Waals surface area contributed by atoms with Gasteiger partial charge in [0.2, 0.25) is 0 Å². The first-order chi connectivity index (χ1) is 8.15. The Balaban J connectivity index is 1.74. The number of urea groups is 1. The van der Waals surface area contributed by atoms with Crippen molar-refractivity contribution in [2.45, 2.75) is 6.04 Å². The Labute approximate surface area is 100 Å². The van der Waals surface area contributed by atoms with E-state index in [0.29, 0.717) is 6.04 Å². The lowest BCUT2D eigenvalue weighted by molar-refractivity contribution is 0.130. The van der Waals surface area contributed by atoms with Crippen LogP contribution in [0.1, 0.15) is 6.04 Å². The van der Waals surface area contributed by atoms with Crippen LogP contribution in [0.3, 0.4) is 0 Å². The van der Waals surface area contributed by atoms with E-state index in [-0.39, 0.29) is 6.03 Å². The zero-order chi connectivity index (χ0) is 12.0. The molecule has 2 aliphatic heterocycles. The van der Waals surface area contributed by atoms with Gasteiger partial charge in [-0.15, -0.1) is 0 Å². The monoisotopic (exact) mass is 235 g/mol. The zero-order valence-electron chi connectivity index (χ0n) is 10.2. The van der Waals surface area contributed by atoms with E-state index in [9.17, 15) is 4.79 Å². The Kier molecular flexibility index (Phi) is 2.32. The number of carbonyl (C=O) groups is 1. The molecule has 0 aliphatic carbocycles. The highest BCUT2D eigenvalue weighted by atomic mass is 16.2. The molecular formula is C11H17N5O. The van der Waals surface area contributed by atoms with Crippen molar-refractivity contribution in [2.75, 3.05) is 45.2 Å². The normalized spacial score (nSPS) is 22.4. The second-order valence-electron chi connectivity index (χ2n) is 4.91. The maximum Gasteiger partial charge on any atom is 0.324 e. The van der Waals surface area contributed by atoms with Crippen molar-refractivity contribution in [1.82, 2.24) is 19.6 Å². The summed E-state index contributed by atoms with van der Waals surface area (Å²) in [7, 11) is 3.92. The molecule has 2 aliphatic rings. The lowest BCUT2D eigenvalue weighted by Crippen LogP contribution is -2.45. The Morgan fingerprint density at radius 2 is 2.06 bits per heavy atom. The van der Waals surface area contributed by atoms with Crippen LogP contribution in [-0.4, -0.2) is 65.9 Å². The van der Waals surface area contributed by atoms with E-state index in [4.69, 9.17) is 0 Å². The summed E-state index contributed by atoms with van der Waals surface area (Å²) in [6, 6.07) is 0.527. The number of carbonyl (C=O) groups excluding carboxylic acids is 1. The van der Waals surface area contributed by atoms with E-state index >= 15 is 0 Å². The average molecular weight is 235 g/mol. The van der Waals surface area contributed by atoms with Crippen LogP contribution < -0.4 is 4.90 Å². The molecule has 0 saturated carbocycles. The minimum absolute atomic E-state index is 0.0651. The van der Waals surface area contributed by atoms with Crippen LogP contribution in [0.25, 0.3) is 0 Å². The number of likely N-dealkylation sites (N-methyl/N-ethyl adjacent to an activating group) is 2. The Hall–Kier alpha value is -1.56. The van der Waals surface area contributed by atoms with E-state index in [2.05, 4.69) is 17.0 Å². The minimum Gasteiger partial charge on any atom is -0.326 e. The van der Waals surface area contributed by atoms with Gasteiger partial charge in [-0.05, 0) is 7.05 Å². The average Bonchev–Trinajstić information content (AvgIpc) is 2.83. The van der Waals surface area contributed by atoms with Gasteiger partial charge in [-0.3, -0.25) is 9.58 Å². The Morgan fingerprint density at radius 3 is 2.65 bits per heavy atom. The molecule has 0 unspecified atom stereocenters. The Morgan fingerprint density at radius 1 is 1.29 bits per heavy atom. The van der Waals surface area contributed by atoms with Crippen molar-refractivity contribution >= 4 is 11.7 Å². The van der Waals surface area contributed by atoms with Crippen molar-refractivity contribution in [2.24, 2.45) is 0 Å². The fourth-order valence-electron chi connectivity index (χ4n) is 2.39. The van der Waals surface area contributed by atoms with Crippen LogP contribution in [0.15, 0.2) is 12.4 Å². The van der Waals surface area contributed by atoms with Crippen molar-refractivity contribution in [3.63, 3.8) is 0 Å². The topological polar surface area (TPSA) is 44.6 Å². The van der Waals surface area contributed by atoms with Gasteiger partial charge < -0.3 is 9.80 Å². The van der Waals surface area contributed by atoms with Gasteiger partial charge >= 0.3 is 6.03 Å². The van der Waals surface area contributed by atoms with Crippen LogP contribution in [0.4, 0.5) is 10.5 Å². The highest BCUT2D eigenvalue weighted by Crippen LogP contribution is 2.23. The molecule has 2 fully saturated rings. The molecule has 0 spiro atoms. The molecule has 6 heteroatoms. The molecule has 1 aromatic rings. The fraction of sp³-hybridized carbons (Fsp3) is 0.636. The first-order valence-corrected chi connectivity index (χ1v) is 5.90. The summed E-state index contributed by atoms with van der Waals surface area (Å²) in [5, 5.41) is 4.35. The highest BCUT2D eigenvalue weighted by Gasteiger charge is 2.30. The smallest absolute Gasteiger partial charge is 0.324 e. The van der Waals surface area contributed by atoms with Crippen LogP contribution in [0.5, 0.6) is 0 Å². The molecule has 6 nitrogen and oxygen atoms in total. The molecule has 0 N–H and O–H groups in total. The summed E-state index contributed by atoms with van der Waals surface area (Å²) in [5.41, 5.74) is 0.911. The van der Waals surface area contributed by atoms with E-state index in [0.717, 1.165) is 31.9 Å². The molecular weight excluding hydrogens is 218 g/mol. The second-order valence-corrected chi connectivity index (χ2v) is 4.91. The largest absolute Gasteiger partial charge is 0.326 e.